The van der Waals surface area contributed by atoms with Gasteiger partial charge in [0, 0.05) is 19.6 Å². The molecule has 0 aromatic heterocycles. The zero-order valence-corrected chi connectivity index (χ0v) is 13.9. The number of rotatable bonds is 2. The van der Waals surface area contributed by atoms with Crippen molar-refractivity contribution in [2.75, 3.05) is 20.3 Å². The Kier molecular flexibility index (Phi) is 3.63. The minimum Gasteiger partial charge on any atom is -0.381 e. The molecule has 0 radical (unpaired) electrons. The highest BCUT2D eigenvalue weighted by Gasteiger charge is 2.58. The molecule has 0 bridgehead atoms. The zero-order valence-electron chi connectivity index (χ0n) is 13.1. The van der Waals surface area contributed by atoms with Crippen LogP contribution in [0, 0.1) is 11.8 Å². The van der Waals surface area contributed by atoms with Crippen LogP contribution in [0.25, 0.3) is 0 Å². The third kappa shape index (κ3) is 2.20. The van der Waals surface area contributed by atoms with E-state index in [1.807, 2.05) is 0 Å². The number of ether oxygens (including phenoxy) is 2. The fraction of sp³-hybridized carbons (Fsp3) is 0.529. The van der Waals surface area contributed by atoms with Gasteiger partial charge in [-0.15, -0.1) is 0 Å². The van der Waals surface area contributed by atoms with E-state index in [9.17, 15) is 4.79 Å². The van der Waals surface area contributed by atoms with Crippen molar-refractivity contribution in [1.29, 1.82) is 0 Å². The van der Waals surface area contributed by atoms with E-state index in [-0.39, 0.29) is 11.8 Å². The molecular formula is C17H20N2O3S. The molecule has 2 aliphatic heterocycles. The number of amides is 1. The highest BCUT2D eigenvalue weighted by molar-refractivity contribution is 7.80. The molecule has 1 unspecified atom stereocenters. The standard InChI is InChI=1S/C17H20N2O3S/c1-21-8-10-2-3-11-7-12-4-5-22-9-14(12)17(13(11)6-10)15(20)18-16(23)19-17/h2-3,6,12,14H,4-5,7-9H2,1H3,(H2,18,19,20,23)/t12-,14+,17?/m1/s1. The van der Waals surface area contributed by atoms with E-state index in [1.165, 1.54) is 5.56 Å². The molecule has 5 nitrogen and oxygen atoms in total. The second-order valence-corrected chi connectivity index (χ2v) is 6.98. The fourth-order valence-corrected chi connectivity index (χ4v) is 4.59. The minimum atomic E-state index is -0.806. The van der Waals surface area contributed by atoms with Gasteiger partial charge in [0.2, 0.25) is 0 Å². The lowest BCUT2D eigenvalue weighted by Gasteiger charge is -2.47. The Labute approximate surface area is 140 Å². The largest absolute Gasteiger partial charge is 0.381 e. The summed E-state index contributed by atoms with van der Waals surface area (Å²) in [7, 11) is 1.68. The summed E-state index contributed by atoms with van der Waals surface area (Å²) in [6, 6.07) is 6.30. The van der Waals surface area contributed by atoms with E-state index >= 15 is 0 Å². The summed E-state index contributed by atoms with van der Waals surface area (Å²) in [5.41, 5.74) is 2.50. The second kappa shape index (κ2) is 5.54. The monoisotopic (exact) mass is 332 g/mol. The molecule has 3 aliphatic rings. The predicted molar refractivity (Wildman–Crippen MR) is 88.8 cm³/mol. The first kappa shape index (κ1) is 15.1. The second-order valence-electron chi connectivity index (χ2n) is 6.58. The minimum absolute atomic E-state index is 0.0569. The van der Waals surface area contributed by atoms with Crippen LogP contribution >= 0.6 is 12.2 Å². The molecule has 2 saturated heterocycles. The first-order chi connectivity index (χ1) is 11.1. The normalized spacial score (nSPS) is 32.2. The molecule has 1 aromatic rings. The Bertz CT molecular complexity index is 678. The molecule has 2 N–H and O–H groups in total. The first-order valence-corrected chi connectivity index (χ1v) is 8.38. The van der Waals surface area contributed by atoms with Gasteiger partial charge in [0.05, 0.1) is 13.2 Å². The molecule has 3 atom stereocenters. The lowest BCUT2D eigenvalue weighted by atomic mass is 9.62. The molecule has 122 valence electrons. The molecule has 6 heteroatoms. The Hall–Kier alpha value is -1.50. The van der Waals surface area contributed by atoms with E-state index in [1.54, 1.807) is 7.11 Å². The average Bonchev–Trinajstić information content (AvgIpc) is 2.84. The topological polar surface area (TPSA) is 59.6 Å². The number of thiocarbonyl (C=S) groups is 1. The van der Waals surface area contributed by atoms with Gasteiger partial charge in [-0.1, -0.05) is 18.2 Å². The summed E-state index contributed by atoms with van der Waals surface area (Å²) >= 11 is 5.25. The number of carbonyl (C=O) groups is 1. The third-order valence-corrected chi connectivity index (χ3v) is 5.55. The highest BCUT2D eigenvalue weighted by atomic mass is 32.1. The molecule has 1 aliphatic carbocycles. The number of benzene rings is 1. The molecule has 4 rings (SSSR count). The van der Waals surface area contributed by atoms with Crippen LogP contribution in [0.5, 0.6) is 0 Å². The molecule has 1 aromatic carbocycles. The third-order valence-electron chi connectivity index (χ3n) is 5.34. The number of carbonyl (C=O) groups excluding carboxylic acids is 1. The van der Waals surface area contributed by atoms with Crippen molar-refractivity contribution in [1.82, 2.24) is 10.6 Å². The molecule has 23 heavy (non-hydrogen) atoms. The van der Waals surface area contributed by atoms with Gasteiger partial charge in [0.1, 0.15) is 5.54 Å². The predicted octanol–water partition coefficient (Wildman–Crippen LogP) is 1.24. The van der Waals surface area contributed by atoms with Crippen LogP contribution in [0.15, 0.2) is 18.2 Å². The van der Waals surface area contributed by atoms with E-state index in [0.29, 0.717) is 24.2 Å². The van der Waals surface area contributed by atoms with E-state index in [0.717, 1.165) is 30.6 Å². The lowest BCUT2D eigenvalue weighted by molar-refractivity contribution is -0.131. The van der Waals surface area contributed by atoms with Crippen molar-refractivity contribution in [3.63, 3.8) is 0 Å². The number of methoxy groups -OCH3 is 1. The van der Waals surface area contributed by atoms with E-state index in [2.05, 4.69) is 28.8 Å². The fourth-order valence-electron chi connectivity index (χ4n) is 4.33. The maximum Gasteiger partial charge on any atom is 0.256 e. The Balaban J connectivity index is 1.88. The zero-order chi connectivity index (χ0) is 16.0. The number of nitrogens with one attached hydrogen (secondary N) is 2. The van der Waals surface area contributed by atoms with Crippen molar-refractivity contribution in [2.45, 2.75) is 25.0 Å². The molecule has 1 spiro atoms. The summed E-state index contributed by atoms with van der Waals surface area (Å²) in [5, 5.41) is 6.50. The first-order valence-electron chi connectivity index (χ1n) is 7.97. The van der Waals surface area contributed by atoms with Crippen molar-refractivity contribution in [3.05, 3.63) is 34.9 Å². The summed E-state index contributed by atoms with van der Waals surface area (Å²) in [4.78, 5) is 12.9. The van der Waals surface area contributed by atoms with Crippen molar-refractivity contribution >= 4 is 23.2 Å². The van der Waals surface area contributed by atoms with Gasteiger partial charge in [0.15, 0.2) is 5.11 Å². The summed E-state index contributed by atoms with van der Waals surface area (Å²) in [6.07, 6.45) is 1.97. The summed E-state index contributed by atoms with van der Waals surface area (Å²) in [6.45, 7) is 1.88. The van der Waals surface area contributed by atoms with Crippen molar-refractivity contribution < 1.29 is 14.3 Å². The van der Waals surface area contributed by atoms with Gasteiger partial charge in [-0.3, -0.25) is 4.79 Å². The Morgan fingerprint density at radius 1 is 1.48 bits per heavy atom. The van der Waals surface area contributed by atoms with E-state index < -0.39 is 5.54 Å². The van der Waals surface area contributed by atoms with Gasteiger partial charge in [0.25, 0.3) is 5.91 Å². The van der Waals surface area contributed by atoms with Crippen LogP contribution in [-0.2, 0) is 32.8 Å². The van der Waals surface area contributed by atoms with Gasteiger partial charge in [-0.25, -0.2) is 0 Å². The molecule has 2 fully saturated rings. The van der Waals surface area contributed by atoms with Crippen molar-refractivity contribution in [3.8, 4) is 0 Å². The summed E-state index contributed by atoms with van der Waals surface area (Å²) in [5.74, 6) is 0.476. The van der Waals surface area contributed by atoms with Gasteiger partial charge in [-0.2, -0.15) is 0 Å². The number of hydrogen-bond donors (Lipinski definition) is 2. The van der Waals surface area contributed by atoms with Crippen molar-refractivity contribution in [2.24, 2.45) is 11.8 Å². The van der Waals surface area contributed by atoms with Gasteiger partial charge >= 0.3 is 0 Å². The van der Waals surface area contributed by atoms with E-state index in [4.69, 9.17) is 21.7 Å². The van der Waals surface area contributed by atoms with Gasteiger partial charge < -0.3 is 20.1 Å². The quantitative estimate of drug-likeness (QED) is 0.798. The van der Waals surface area contributed by atoms with Gasteiger partial charge in [-0.05, 0) is 47.7 Å². The number of hydrogen-bond acceptors (Lipinski definition) is 4. The molecule has 0 saturated carbocycles. The number of fused-ring (bicyclic) bond motifs is 4. The van der Waals surface area contributed by atoms with Crippen LogP contribution in [-0.4, -0.2) is 31.3 Å². The lowest BCUT2D eigenvalue weighted by Crippen LogP contribution is -2.58. The average molecular weight is 332 g/mol. The maximum atomic E-state index is 12.9. The Morgan fingerprint density at radius 3 is 3.09 bits per heavy atom. The smallest absolute Gasteiger partial charge is 0.256 e. The van der Waals surface area contributed by atoms with Crippen LogP contribution in [0.1, 0.15) is 23.1 Å². The molecule has 2 heterocycles. The highest BCUT2D eigenvalue weighted by Crippen LogP contribution is 2.47. The van der Waals surface area contributed by atoms with Crippen LogP contribution in [0.3, 0.4) is 0 Å². The van der Waals surface area contributed by atoms with Crippen LogP contribution in [0.4, 0.5) is 0 Å². The molecular weight excluding hydrogens is 312 g/mol. The van der Waals surface area contributed by atoms with Crippen LogP contribution in [0.2, 0.25) is 0 Å². The SMILES string of the molecule is COCc1ccc2c(c1)C1(NC(=S)NC1=O)[C@H]1COCC[C@@H]1C2. The Morgan fingerprint density at radius 2 is 2.35 bits per heavy atom. The van der Waals surface area contributed by atoms with Crippen LogP contribution < -0.4 is 10.6 Å². The maximum absolute atomic E-state index is 12.9. The summed E-state index contributed by atoms with van der Waals surface area (Å²) < 4.78 is 11.0. The molecule has 1 amide bonds.